The van der Waals surface area contributed by atoms with Crippen molar-refractivity contribution in [3.63, 3.8) is 0 Å². The van der Waals surface area contributed by atoms with Crippen LogP contribution in [0.3, 0.4) is 0 Å². The number of hydrogen-bond donors (Lipinski definition) is 0. The van der Waals surface area contributed by atoms with Crippen molar-refractivity contribution in [2.45, 2.75) is 20.3 Å². The summed E-state index contributed by atoms with van der Waals surface area (Å²) >= 11 is 0. The van der Waals surface area contributed by atoms with Gasteiger partial charge >= 0.3 is 5.97 Å². The first kappa shape index (κ1) is 11.9. The maximum absolute atomic E-state index is 11.0. The van der Waals surface area contributed by atoms with Crippen LogP contribution in [0.5, 0.6) is 0 Å². The number of hydrogen-bond acceptors (Lipinski definition) is 3. The molecule has 74 valence electrons. The van der Waals surface area contributed by atoms with E-state index in [-0.39, 0.29) is 5.97 Å². The molecular formula is C10H16O3. The van der Waals surface area contributed by atoms with Gasteiger partial charge in [0.05, 0.1) is 12.9 Å². The quantitative estimate of drug-likeness (QED) is 0.274. The van der Waals surface area contributed by atoms with E-state index in [9.17, 15) is 4.79 Å². The van der Waals surface area contributed by atoms with Crippen LogP contribution in [0.25, 0.3) is 0 Å². The molecule has 0 radical (unpaired) electrons. The molecule has 0 aliphatic heterocycles. The Balaban J connectivity index is 3.73. The fourth-order valence-electron chi connectivity index (χ4n) is 0.755. The van der Waals surface area contributed by atoms with Gasteiger partial charge in [0, 0.05) is 12.2 Å². The minimum absolute atomic E-state index is 0.355. The van der Waals surface area contributed by atoms with Crippen LogP contribution in [-0.4, -0.2) is 19.2 Å². The lowest BCUT2D eigenvalue weighted by Crippen LogP contribution is -2.01. The third-order valence-corrected chi connectivity index (χ3v) is 1.43. The Bertz CT molecular complexity index is 194. The van der Waals surface area contributed by atoms with Crippen LogP contribution in [0.15, 0.2) is 24.5 Å². The highest BCUT2D eigenvalue weighted by Crippen LogP contribution is 1.99. The van der Waals surface area contributed by atoms with Crippen LogP contribution < -0.4 is 0 Å². The van der Waals surface area contributed by atoms with Crippen molar-refractivity contribution in [2.75, 3.05) is 13.2 Å². The molecule has 3 nitrogen and oxygen atoms in total. The fourth-order valence-corrected chi connectivity index (χ4v) is 0.755. The topological polar surface area (TPSA) is 35.5 Å². The van der Waals surface area contributed by atoms with Crippen LogP contribution in [0.1, 0.15) is 20.3 Å². The normalized spacial score (nSPS) is 11.1. The summed E-state index contributed by atoms with van der Waals surface area (Å²) in [4.78, 5) is 11.0. The Morgan fingerprint density at radius 3 is 2.77 bits per heavy atom. The number of ether oxygens (including phenoxy) is 2. The van der Waals surface area contributed by atoms with Gasteiger partial charge in [-0.2, -0.15) is 0 Å². The first-order valence-corrected chi connectivity index (χ1v) is 4.28. The molecule has 0 aromatic rings. The van der Waals surface area contributed by atoms with Crippen molar-refractivity contribution in [2.24, 2.45) is 0 Å². The lowest BCUT2D eigenvalue weighted by molar-refractivity contribution is -0.133. The van der Waals surface area contributed by atoms with E-state index in [0.717, 1.165) is 12.7 Å². The van der Waals surface area contributed by atoms with Crippen LogP contribution in [0.2, 0.25) is 0 Å². The Morgan fingerprint density at radius 1 is 1.54 bits per heavy atom. The Hall–Kier alpha value is -1.09. The molecule has 0 N–H and O–H groups in total. The molecule has 0 saturated heterocycles. The number of rotatable bonds is 6. The second kappa shape index (κ2) is 7.55. The van der Waals surface area contributed by atoms with Crippen molar-refractivity contribution in [1.82, 2.24) is 0 Å². The first-order chi connectivity index (χ1) is 6.22. The van der Waals surface area contributed by atoms with Crippen molar-refractivity contribution >= 4 is 5.97 Å². The van der Waals surface area contributed by atoms with Crippen molar-refractivity contribution in [3.05, 3.63) is 24.5 Å². The minimum atomic E-state index is -0.355. The second-order valence-electron chi connectivity index (χ2n) is 2.44. The van der Waals surface area contributed by atoms with Gasteiger partial charge in [-0.1, -0.05) is 12.7 Å². The van der Waals surface area contributed by atoms with Gasteiger partial charge in [0.15, 0.2) is 0 Å². The molecule has 0 aliphatic rings. The summed E-state index contributed by atoms with van der Waals surface area (Å²) in [6.07, 6.45) is 3.65. The van der Waals surface area contributed by atoms with Crippen molar-refractivity contribution in [1.29, 1.82) is 0 Å². The number of esters is 1. The molecule has 0 spiro atoms. The van der Waals surface area contributed by atoms with E-state index < -0.39 is 0 Å². The Kier molecular flexibility index (Phi) is 6.92. The number of carbonyl (C=O) groups excluding carboxylic acids is 1. The average Bonchev–Trinajstić information content (AvgIpc) is 2.12. The van der Waals surface area contributed by atoms with Gasteiger partial charge in [0.2, 0.25) is 0 Å². The van der Waals surface area contributed by atoms with E-state index in [1.54, 1.807) is 13.0 Å². The maximum Gasteiger partial charge on any atom is 0.338 e. The number of carbonyl (C=O) groups is 1. The zero-order valence-corrected chi connectivity index (χ0v) is 8.21. The van der Waals surface area contributed by atoms with Gasteiger partial charge in [-0.05, 0) is 20.3 Å². The van der Waals surface area contributed by atoms with Crippen LogP contribution in [0.4, 0.5) is 0 Å². The predicted molar refractivity (Wildman–Crippen MR) is 51.2 cm³/mol. The standard InChI is InChI=1S/C10H16O3/c1-4-12-8-6-7-9(3)10(11)13-5-2/h5,7H,2,4,6,8H2,1,3H3. The highest BCUT2D eigenvalue weighted by Gasteiger charge is 2.01. The first-order valence-electron chi connectivity index (χ1n) is 4.28. The van der Waals surface area contributed by atoms with Gasteiger partial charge in [0.1, 0.15) is 0 Å². The molecule has 3 heteroatoms. The zero-order chi connectivity index (χ0) is 10.1. The summed E-state index contributed by atoms with van der Waals surface area (Å²) in [5.74, 6) is -0.355. The second-order valence-corrected chi connectivity index (χ2v) is 2.44. The highest BCUT2D eigenvalue weighted by molar-refractivity contribution is 5.88. The Labute approximate surface area is 79.0 Å². The van der Waals surface area contributed by atoms with E-state index in [1.165, 1.54) is 0 Å². The molecular weight excluding hydrogens is 168 g/mol. The molecule has 0 aromatic carbocycles. The van der Waals surface area contributed by atoms with Gasteiger partial charge in [-0.15, -0.1) is 0 Å². The lowest BCUT2D eigenvalue weighted by Gasteiger charge is -1.99. The predicted octanol–water partition coefficient (Wildman–Crippen LogP) is 2.05. The molecule has 0 bridgehead atoms. The van der Waals surface area contributed by atoms with Crippen LogP contribution >= 0.6 is 0 Å². The molecule has 0 rings (SSSR count). The largest absolute Gasteiger partial charge is 0.432 e. The molecule has 0 amide bonds. The SMILES string of the molecule is C=COC(=O)C(C)=CCCOCC. The van der Waals surface area contributed by atoms with Crippen LogP contribution in [-0.2, 0) is 14.3 Å². The molecule has 13 heavy (non-hydrogen) atoms. The van der Waals surface area contributed by atoms with Crippen molar-refractivity contribution < 1.29 is 14.3 Å². The van der Waals surface area contributed by atoms with Gasteiger partial charge in [-0.3, -0.25) is 0 Å². The molecule has 0 fully saturated rings. The van der Waals surface area contributed by atoms with Gasteiger partial charge in [0.25, 0.3) is 0 Å². The van der Waals surface area contributed by atoms with E-state index in [0.29, 0.717) is 18.8 Å². The zero-order valence-electron chi connectivity index (χ0n) is 8.21. The highest BCUT2D eigenvalue weighted by atomic mass is 16.5. The maximum atomic E-state index is 11.0. The summed E-state index contributed by atoms with van der Waals surface area (Å²) in [5.41, 5.74) is 0.583. The minimum Gasteiger partial charge on any atom is -0.432 e. The summed E-state index contributed by atoms with van der Waals surface area (Å²) in [7, 11) is 0. The summed E-state index contributed by atoms with van der Waals surface area (Å²) in [6.45, 7) is 8.27. The van der Waals surface area contributed by atoms with E-state index >= 15 is 0 Å². The third kappa shape index (κ3) is 6.11. The summed E-state index contributed by atoms with van der Waals surface area (Å²) in [5, 5.41) is 0. The average molecular weight is 184 g/mol. The van der Waals surface area contributed by atoms with Crippen molar-refractivity contribution in [3.8, 4) is 0 Å². The fraction of sp³-hybridized carbons (Fsp3) is 0.500. The van der Waals surface area contributed by atoms with Crippen LogP contribution in [0, 0.1) is 0 Å². The monoisotopic (exact) mass is 184 g/mol. The van der Waals surface area contributed by atoms with E-state index in [1.807, 2.05) is 6.92 Å². The molecule has 0 aromatic heterocycles. The molecule has 0 heterocycles. The van der Waals surface area contributed by atoms with Gasteiger partial charge in [-0.25, -0.2) is 4.79 Å². The molecule has 0 unspecified atom stereocenters. The molecule has 0 atom stereocenters. The molecule has 0 saturated carbocycles. The Morgan fingerprint density at radius 2 is 2.23 bits per heavy atom. The van der Waals surface area contributed by atoms with E-state index in [2.05, 4.69) is 11.3 Å². The third-order valence-electron chi connectivity index (χ3n) is 1.43. The van der Waals surface area contributed by atoms with E-state index in [4.69, 9.17) is 4.74 Å². The summed E-state index contributed by atoms with van der Waals surface area (Å²) < 4.78 is 9.68. The lowest BCUT2D eigenvalue weighted by atomic mass is 10.2. The smallest absolute Gasteiger partial charge is 0.338 e. The van der Waals surface area contributed by atoms with Gasteiger partial charge < -0.3 is 9.47 Å². The molecule has 0 aliphatic carbocycles. The summed E-state index contributed by atoms with van der Waals surface area (Å²) in [6, 6.07) is 0.